The van der Waals surface area contributed by atoms with Crippen molar-refractivity contribution in [1.29, 1.82) is 0 Å². The highest BCUT2D eigenvalue weighted by Crippen LogP contribution is 2.27. The molecule has 0 aliphatic heterocycles. The third-order valence-electron chi connectivity index (χ3n) is 2.91. The molecule has 0 atom stereocenters. The van der Waals surface area contributed by atoms with Crippen molar-refractivity contribution in [1.82, 2.24) is 0 Å². The molecule has 0 aliphatic carbocycles. The van der Waals surface area contributed by atoms with Gasteiger partial charge in [-0.05, 0) is 44.4 Å². The van der Waals surface area contributed by atoms with Crippen LogP contribution in [-0.4, -0.2) is 17.7 Å². The van der Waals surface area contributed by atoms with E-state index in [4.69, 9.17) is 15.6 Å². The Hall–Kier alpha value is -1.55. The minimum atomic E-state index is -0.897. The first-order chi connectivity index (χ1) is 8.27. The molecule has 0 amide bonds. The van der Waals surface area contributed by atoms with Crippen molar-refractivity contribution in [3.8, 4) is 5.75 Å². The minimum Gasteiger partial charge on any atom is -0.492 e. The van der Waals surface area contributed by atoms with Crippen LogP contribution in [-0.2, 0) is 11.3 Å². The zero-order valence-corrected chi connectivity index (χ0v) is 11.4. The summed E-state index contributed by atoms with van der Waals surface area (Å²) in [5.41, 5.74) is 7.72. The maximum atomic E-state index is 11.0. The maximum absolute atomic E-state index is 11.0. The highest BCUT2D eigenvalue weighted by molar-refractivity contribution is 5.73. The molecule has 4 nitrogen and oxygen atoms in total. The molecule has 1 rings (SSSR count). The zero-order valence-electron chi connectivity index (χ0n) is 11.4. The molecule has 0 saturated carbocycles. The number of carboxylic acids is 1. The fourth-order valence-electron chi connectivity index (χ4n) is 1.70. The first-order valence-corrected chi connectivity index (χ1v) is 5.94. The van der Waals surface area contributed by atoms with Crippen LogP contribution in [0.5, 0.6) is 5.75 Å². The van der Waals surface area contributed by atoms with Gasteiger partial charge in [0.15, 0.2) is 0 Å². The number of carbonyl (C=O) groups is 1. The van der Waals surface area contributed by atoms with Gasteiger partial charge in [-0.2, -0.15) is 0 Å². The maximum Gasteiger partial charge on any atom is 0.312 e. The fourth-order valence-corrected chi connectivity index (χ4v) is 1.70. The monoisotopic (exact) mass is 251 g/mol. The van der Waals surface area contributed by atoms with E-state index in [0.717, 1.165) is 22.4 Å². The summed E-state index contributed by atoms with van der Waals surface area (Å²) in [4.78, 5) is 11.0. The number of rotatable bonds is 5. The zero-order chi connectivity index (χ0) is 13.9. The van der Waals surface area contributed by atoms with Crippen LogP contribution in [0, 0.1) is 19.3 Å². The van der Waals surface area contributed by atoms with Crippen molar-refractivity contribution >= 4 is 5.97 Å². The van der Waals surface area contributed by atoms with Gasteiger partial charge in [0.2, 0.25) is 0 Å². The van der Waals surface area contributed by atoms with E-state index in [-0.39, 0.29) is 6.61 Å². The highest BCUT2D eigenvalue weighted by atomic mass is 16.5. The lowest BCUT2D eigenvalue weighted by molar-refractivity contribution is -0.148. The second-order valence-corrected chi connectivity index (χ2v) is 5.24. The van der Waals surface area contributed by atoms with E-state index in [1.54, 1.807) is 13.8 Å². The van der Waals surface area contributed by atoms with Gasteiger partial charge in [-0.3, -0.25) is 4.79 Å². The summed E-state index contributed by atoms with van der Waals surface area (Å²) >= 11 is 0. The molecule has 1 aromatic carbocycles. The van der Waals surface area contributed by atoms with Crippen molar-refractivity contribution in [2.75, 3.05) is 6.61 Å². The molecule has 0 fully saturated rings. The van der Waals surface area contributed by atoms with Gasteiger partial charge in [0, 0.05) is 6.54 Å². The van der Waals surface area contributed by atoms with Gasteiger partial charge in [0.1, 0.15) is 12.4 Å². The van der Waals surface area contributed by atoms with E-state index in [1.807, 2.05) is 26.0 Å². The van der Waals surface area contributed by atoms with Crippen LogP contribution >= 0.6 is 0 Å². The second kappa shape index (κ2) is 5.40. The predicted octanol–water partition coefficient (Wildman–Crippen LogP) is 2.25. The molecule has 18 heavy (non-hydrogen) atoms. The number of carboxylic acid groups (broad SMARTS) is 1. The normalized spacial score (nSPS) is 11.4. The van der Waals surface area contributed by atoms with Gasteiger partial charge < -0.3 is 15.6 Å². The Morgan fingerprint density at radius 2 is 1.83 bits per heavy atom. The highest BCUT2D eigenvalue weighted by Gasteiger charge is 2.28. The van der Waals surface area contributed by atoms with Gasteiger partial charge in [-0.1, -0.05) is 12.1 Å². The summed E-state index contributed by atoms with van der Waals surface area (Å²) in [7, 11) is 0. The van der Waals surface area contributed by atoms with Crippen LogP contribution in [0.25, 0.3) is 0 Å². The third-order valence-corrected chi connectivity index (χ3v) is 2.91. The van der Waals surface area contributed by atoms with E-state index >= 15 is 0 Å². The molecule has 100 valence electrons. The number of aryl methyl sites for hydroxylation is 2. The summed E-state index contributed by atoms with van der Waals surface area (Å²) < 4.78 is 5.67. The lowest BCUT2D eigenvalue weighted by Crippen LogP contribution is -2.31. The molecule has 0 aliphatic rings. The Labute approximate surface area is 108 Å². The fraction of sp³-hybridized carbons (Fsp3) is 0.500. The molecule has 4 heteroatoms. The van der Waals surface area contributed by atoms with Gasteiger partial charge in [0.25, 0.3) is 0 Å². The molecular weight excluding hydrogens is 230 g/mol. The molecule has 0 saturated heterocycles. The van der Waals surface area contributed by atoms with Gasteiger partial charge in [-0.15, -0.1) is 0 Å². The Bertz CT molecular complexity index is 429. The topological polar surface area (TPSA) is 72.5 Å². The van der Waals surface area contributed by atoms with Crippen molar-refractivity contribution in [3.63, 3.8) is 0 Å². The second-order valence-electron chi connectivity index (χ2n) is 5.24. The molecule has 0 heterocycles. The Balaban J connectivity index is 2.89. The molecule has 0 aromatic heterocycles. The molecule has 0 unspecified atom stereocenters. The van der Waals surface area contributed by atoms with Crippen LogP contribution < -0.4 is 10.5 Å². The van der Waals surface area contributed by atoms with Crippen LogP contribution in [0.15, 0.2) is 12.1 Å². The predicted molar refractivity (Wildman–Crippen MR) is 70.7 cm³/mol. The van der Waals surface area contributed by atoms with Gasteiger partial charge >= 0.3 is 5.97 Å². The third kappa shape index (κ3) is 3.23. The van der Waals surface area contributed by atoms with Crippen molar-refractivity contribution in [3.05, 3.63) is 28.8 Å². The molecule has 0 radical (unpaired) electrons. The number of ether oxygens (including phenoxy) is 1. The first kappa shape index (κ1) is 14.5. The van der Waals surface area contributed by atoms with Crippen LogP contribution in [0.2, 0.25) is 0 Å². The van der Waals surface area contributed by atoms with E-state index in [1.165, 1.54) is 0 Å². The summed E-state index contributed by atoms with van der Waals surface area (Å²) in [6.07, 6.45) is 0. The smallest absolute Gasteiger partial charge is 0.312 e. The Morgan fingerprint density at radius 1 is 1.33 bits per heavy atom. The molecule has 0 spiro atoms. The number of benzene rings is 1. The van der Waals surface area contributed by atoms with Crippen molar-refractivity contribution in [2.24, 2.45) is 11.1 Å². The van der Waals surface area contributed by atoms with Crippen molar-refractivity contribution in [2.45, 2.75) is 34.2 Å². The first-order valence-electron chi connectivity index (χ1n) is 5.94. The molecule has 0 bridgehead atoms. The average molecular weight is 251 g/mol. The summed E-state index contributed by atoms with van der Waals surface area (Å²) in [5, 5.41) is 9.04. The van der Waals surface area contributed by atoms with Crippen LogP contribution in [0.4, 0.5) is 0 Å². The number of aliphatic carboxylic acids is 1. The lowest BCUT2D eigenvalue weighted by atomic mass is 9.95. The number of nitrogens with two attached hydrogens (primary N) is 1. The molecule has 1 aromatic rings. The Kier molecular flexibility index (Phi) is 4.35. The standard InChI is InChI=1S/C14H21NO3/c1-9-5-11(7-15)6-10(2)12(9)18-8-14(3,4)13(16)17/h5-6H,7-8,15H2,1-4H3,(H,16,17). The van der Waals surface area contributed by atoms with Gasteiger partial charge in [0.05, 0.1) is 5.41 Å². The largest absolute Gasteiger partial charge is 0.492 e. The SMILES string of the molecule is Cc1cc(CN)cc(C)c1OCC(C)(C)C(=O)O. The molecular formula is C14H21NO3. The minimum absolute atomic E-state index is 0.145. The van der Waals surface area contributed by atoms with E-state index in [9.17, 15) is 4.79 Å². The summed E-state index contributed by atoms with van der Waals surface area (Å²) in [6.45, 7) is 7.81. The lowest BCUT2D eigenvalue weighted by Gasteiger charge is -2.21. The number of hydrogen-bond acceptors (Lipinski definition) is 3. The van der Waals surface area contributed by atoms with Gasteiger partial charge in [-0.25, -0.2) is 0 Å². The summed E-state index contributed by atoms with van der Waals surface area (Å²) in [6, 6.07) is 3.94. The molecule has 3 N–H and O–H groups in total. The van der Waals surface area contributed by atoms with Crippen LogP contribution in [0.3, 0.4) is 0 Å². The van der Waals surface area contributed by atoms with Crippen LogP contribution in [0.1, 0.15) is 30.5 Å². The van der Waals surface area contributed by atoms with E-state index < -0.39 is 11.4 Å². The Morgan fingerprint density at radius 3 is 2.22 bits per heavy atom. The average Bonchev–Trinajstić information content (AvgIpc) is 2.27. The number of hydrogen-bond donors (Lipinski definition) is 2. The quantitative estimate of drug-likeness (QED) is 0.842. The van der Waals surface area contributed by atoms with Crippen molar-refractivity contribution < 1.29 is 14.6 Å². The summed E-state index contributed by atoms with van der Waals surface area (Å²) in [5.74, 6) is -0.113. The van der Waals surface area contributed by atoms with E-state index in [0.29, 0.717) is 6.54 Å². The van der Waals surface area contributed by atoms with E-state index in [2.05, 4.69) is 0 Å².